The number of methoxy groups -OCH3 is 1. The average molecular weight is 841 g/mol. The third kappa shape index (κ3) is 8.93. The van der Waals surface area contributed by atoms with Gasteiger partial charge in [-0.05, 0) is 106 Å². The molecule has 5 aliphatic heterocycles. The molecule has 4 fully saturated rings. The number of carbonyl (C=O) groups is 3. The SMILES string of the molecule is CCn1c(-c2cccnc2[C@H](C)OC)c2c3cc(ccc31)N1CCO[C@@H](C[C@H](NC(=O)[C@H](C(C)C)N3CC[C@]4(CCNC4)C3)C(=O)N3CCC[C@H](N3)C(=O)OCC(C)(C)C2)C1. The van der Waals surface area contributed by atoms with E-state index in [1.807, 2.05) is 19.2 Å². The van der Waals surface area contributed by atoms with E-state index in [9.17, 15) is 14.4 Å². The van der Waals surface area contributed by atoms with Gasteiger partial charge in [-0.2, -0.15) is 0 Å². The number of likely N-dealkylation sites (tertiary alicyclic amines) is 1. The minimum Gasteiger partial charge on any atom is -0.464 e. The van der Waals surface area contributed by atoms with Crippen molar-refractivity contribution in [2.45, 2.75) is 117 Å². The summed E-state index contributed by atoms with van der Waals surface area (Å²) < 4.78 is 20.8. The van der Waals surface area contributed by atoms with E-state index < -0.39 is 17.5 Å². The van der Waals surface area contributed by atoms with Gasteiger partial charge in [-0.15, -0.1) is 0 Å². The van der Waals surface area contributed by atoms with Crippen LogP contribution in [0.5, 0.6) is 0 Å². The number of nitrogens with one attached hydrogen (secondary N) is 3. The number of hydrogen-bond donors (Lipinski definition) is 3. The van der Waals surface area contributed by atoms with Crippen LogP contribution in [0.3, 0.4) is 0 Å². The highest BCUT2D eigenvalue weighted by Gasteiger charge is 2.45. The van der Waals surface area contributed by atoms with E-state index in [0.29, 0.717) is 51.9 Å². The summed E-state index contributed by atoms with van der Waals surface area (Å²) >= 11 is 0. The van der Waals surface area contributed by atoms with Crippen molar-refractivity contribution in [2.75, 3.05) is 71.0 Å². The molecule has 6 atom stereocenters. The number of morpholine rings is 1. The first kappa shape index (κ1) is 43.6. The van der Waals surface area contributed by atoms with Crippen LogP contribution in [0.25, 0.3) is 22.2 Å². The molecule has 1 aromatic carbocycles. The topological polar surface area (TPSA) is 143 Å². The Hall–Kier alpha value is -4.08. The Morgan fingerprint density at radius 2 is 1.95 bits per heavy atom. The molecule has 6 bridgehead atoms. The van der Waals surface area contributed by atoms with Gasteiger partial charge in [-0.3, -0.25) is 29.3 Å². The van der Waals surface area contributed by atoms with Crippen LogP contribution in [0.1, 0.15) is 91.0 Å². The van der Waals surface area contributed by atoms with Gasteiger partial charge in [0.15, 0.2) is 0 Å². The van der Waals surface area contributed by atoms with E-state index >= 15 is 0 Å². The lowest BCUT2D eigenvalue weighted by molar-refractivity contribution is -0.156. The molecule has 14 heteroatoms. The fourth-order valence-electron chi connectivity index (χ4n) is 10.8. The summed E-state index contributed by atoms with van der Waals surface area (Å²) in [5.74, 6) is -0.727. The highest BCUT2D eigenvalue weighted by molar-refractivity contribution is 5.95. The first-order chi connectivity index (χ1) is 29.3. The molecular weight excluding hydrogens is 773 g/mol. The van der Waals surface area contributed by atoms with E-state index in [2.05, 4.69) is 89.3 Å². The highest BCUT2D eigenvalue weighted by atomic mass is 16.5. The number of ether oxygens (including phenoxy) is 3. The monoisotopic (exact) mass is 841 g/mol. The maximum atomic E-state index is 14.7. The number of esters is 1. The number of amides is 2. The zero-order valence-electron chi connectivity index (χ0n) is 37.4. The third-order valence-electron chi connectivity index (χ3n) is 14.0. The lowest BCUT2D eigenvalue weighted by Crippen LogP contribution is -2.62. The molecule has 2 aromatic heterocycles. The van der Waals surface area contributed by atoms with E-state index in [-0.39, 0.29) is 54.0 Å². The maximum absolute atomic E-state index is 14.7. The van der Waals surface area contributed by atoms with Gasteiger partial charge in [0.1, 0.15) is 12.1 Å². The minimum absolute atomic E-state index is 0.0489. The summed E-state index contributed by atoms with van der Waals surface area (Å²) in [6, 6.07) is 8.90. The lowest BCUT2D eigenvalue weighted by atomic mass is 9.84. The molecule has 3 N–H and O–H groups in total. The molecule has 1 spiro atoms. The predicted octanol–water partition coefficient (Wildman–Crippen LogP) is 4.84. The van der Waals surface area contributed by atoms with E-state index in [1.54, 1.807) is 12.1 Å². The van der Waals surface area contributed by atoms with E-state index in [4.69, 9.17) is 19.2 Å². The first-order valence-corrected chi connectivity index (χ1v) is 22.8. The van der Waals surface area contributed by atoms with Crippen molar-refractivity contribution in [3.8, 4) is 11.3 Å². The van der Waals surface area contributed by atoms with Crippen LogP contribution in [0.2, 0.25) is 0 Å². The maximum Gasteiger partial charge on any atom is 0.324 e. The highest BCUT2D eigenvalue weighted by Crippen LogP contribution is 2.42. The molecule has 5 aliphatic rings. The molecule has 0 unspecified atom stereocenters. The smallest absolute Gasteiger partial charge is 0.324 e. The number of rotatable bonds is 8. The van der Waals surface area contributed by atoms with Crippen LogP contribution >= 0.6 is 0 Å². The molecule has 2 amide bonds. The molecule has 4 saturated heterocycles. The van der Waals surface area contributed by atoms with Crippen molar-refractivity contribution in [3.63, 3.8) is 0 Å². The van der Waals surface area contributed by atoms with Crippen molar-refractivity contribution in [2.24, 2.45) is 16.7 Å². The van der Waals surface area contributed by atoms with Crippen LogP contribution in [0.15, 0.2) is 36.5 Å². The van der Waals surface area contributed by atoms with Gasteiger partial charge in [-0.1, -0.05) is 27.7 Å². The summed E-state index contributed by atoms with van der Waals surface area (Å²) in [7, 11) is 1.71. The standard InChI is InChI=1S/C47H68N8O6/c1-8-54-39-14-13-32-23-35(39)36(42(54)34-11-9-17-49-40(34)31(4)59-7)25-46(5,6)29-61-45(58)37-12-10-19-55(51-37)44(57)38(24-33-26-52(32)21-22-60-33)50-43(56)41(30(2)3)53-20-16-47(28-53)15-18-48-27-47/h9,11,13-14,17,23,30-31,33,37-38,41,48,51H,8,10,12,15-16,18-22,24-29H2,1-7H3,(H,50,56)/t31-,33-,37-,38-,41-,47-/m0/s1. The summed E-state index contributed by atoms with van der Waals surface area (Å²) in [6.45, 7) is 19.5. The van der Waals surface area contributed by atoms with Gasteiger partial charge in [0.05, 0.1) is 42.9 Å². The molecule has 0 radical (unpaired) electrons. The summed E-state index contributed by atoms with van der Waals surface area (Å²) in [5.41, 5.74) is 9.35. The van der Waals surface area contributed by atoms with Crippen molar-refractivity contribution >= 4 is 34.4 Å². The van der Waals surface area contributed by atoms with E-state index in [0.717, 1.165) is 79.1 Å². The normalized spacial score (nSPS) is 27.4. The molecule has 0 aliphatic carbocycles. The van der Waals surface area contributed by atoms with Crippen LogP contribution in [-0.2, 0) is 41.6 Å². The van der Waals surface area contributed by atoms with Crippen molar-refractivity contribution < 1.29 is 28.6 Å². The molecule has 14 nitrogen and oxygen atoms in total. The molecular formula is C47H68N8O6. The largest absolute Gasteiger partial charge is 0.464 e. The Labute approximate surface area is 361 Å². The van der Waals surface area contributed by atoms with Crippen LogP contribution < -0.4 is 21.0 Å². The van der Waals surface area contributed by atoms with Crippen LogP contribution in [0, 0.1) is 16.7 Å². The summed E-state index contributed by atoms with van der Waals surface area (Å²) in [5, 5.41) is 9.48. The number of anilines is 1. The second-order valence-corrected chi connectivity index (χ2v) is 19.4. The quantitative estimate of drug-likeness (QED) is 0.269. The molecule has 3 aromatic rings. The minimum atomic E-state index is -0.859. The molecule has 8 rings (SSSR count). The molecule has 332 valence electrons. The predicted molar refractivity (Wildman–Crippen MR) is 236 cm³/mol. The van der Waals surface area contributed by atoms with Crippen molar-refractivity contribution in [3.05, 3.63) is 47.8 Å². The number of cyclic esters (lactones) is 1. The Kier molecular flexibility index (Phi) is 12.8. The van der Waals surface area contributed by atoms with Gasteiger partial charge in [-0.25, -0.2) is 5.43 Å². The Morgan fingerprint density at radius 3 is 2.70 bits per heavy atom. The van der Waals surface area contributed by atoms with Gasteiger partial charge >= 0.3 is 5.97 Å². The van der Waals surface area contributed by atoms with Crippen LogP contribution in [0.4, 0.5) is 5.69 Å². The third-order valence-corrected chi connectivity index (χ3v) is 14.0. The number of nitrogens with zero attached hydrogens (tertiary/aromatic N) is 5. The van der Waals surface area contributed by atoms with Crippen LogP contribution in [-0.4, -0.2) is 128 Å². The first-order valence-electron chi connectivity index (χ1n) is 22.8. The van der Waals surface area contributed by atoms with Gasteiger partial charge in [0, 0.05) is 86.6 Å². The van der Waals surface area contributed by atoms with Gasteiger partial charge < -0.3 is 34.3 Å². The van der Waals surface area contributed by atoms with E-state index in [1.165, 1.54) is 5.56 Å². The number of benzene rings is 1. The number of hydrazine groups is 1. The Bertz CT molecular complexity index is 2080. The molecule has 7 heterocycles. The fraction of sp³-hybridized carbons (Fsp3) is 0.660. The fourth-order valence-corrected chi connectivity index (χ4v) is 10.8. The number of hydrogen-bond acceptors (Lipinski definition) is 11. The zero-order valence-corrected chi connectivity index (χ0v) is 37.4. The molecule has 61 heavy (non-hydrogen) atoms. The second-order valence-electron chi connectivity index (χ2n) is 19.4. The molecule has 0 saturated carbocycles. The van der Waals surface area contributed by atoms with Gasteiger partial charge in [0.25, 0.3) is 5.91 Å². The average Bonchev–Trinajstić information content (AvgIpc) is 3.98. The lowest BCUT2D eigenvalue weighted by Gasteiger charge is -2.39. The number of aromatic nitrogens is 2. The summed E-state index contributed by atoms with van der Waals surface area (Å²) in [4.78, 5) is 52.6. The number of pyridine rings is 1. The van der Waals surface area contributed by atoms with Crippen molar-refractivity contribution in [1.29, 1.82) is 0 Å². The number of carbonyl (C=O) groups excluding carboxylic acids is 3. The Balaban J connectivity index is 1.16. The number of aryl methyl sites for hydroxylation is 1. The number of fused-ring (bicyclic) bond motifs is 6. The van der Waals surface area contributed by atoms with Gasteiger partial charge in [0.2, 0.25) is 5.91 Å². The second kappa shape index (κ2) is 18.0. The Morgan fingerprint density at radius 1 is 1.11 bits per heavy atom. The zero-order chi connectivity index (χ0) is 43.1. The van der Waals surface area contributed by atoms with Crippen molar-refractivity contribution in [1.82, 2.24) is 35.5 Å². The summed E-state index contributed by atoms with van der Waals surface area (Å²) in [6.07, 6.45) is 5.56.